The van der Waals surface area contributed by atoms with Crippen molar-refractivity contribution in [2.45, 2.75) is 175 Å². The van der Waals surface area contributed by atoms with Gasteiger partial charge in [0.25, 0.3) is 0 Å². The van der Waals surface area contributed by atoms with E-state index < -0.39 is 6.10 Å². The van der Waals surface area contributed by atoms with Crippen LogP contribution in [0, 0.1) is 5.92 Å². The van der Waals surface area contributed by atoms with Crippen LogP contribution in [0.15, 0.2) is 72.9 Å². The molecule has 0 aliphatic heterocycles. The second kappa shape index (κ2) is 39.5. The molecule has 0 saturated carbocycles. The largest absolute Gasteiger partial charge is 0.462 e. The molecule has 6 heteroatoms. The Morgan fingerprint density at radius 2 is 0.982 bits per heavy atom. The Kier molecular flexibility index (Phi) is 37.6. The average molecular weight is 769 g/mol. The third kappa shape index (κ3) is 42.3. The van der Waals surface area contributed by atoms with Gasteiger partial charge in [-0.2, -0.15) is 0 Å². The van der Waals surface area contributed by atoms with Crippen LogP contribution >= 0.6 is 0 Å². The lowest BCUT2D eigenvalue weighted by Gasteiger charge is -2.27. The van der Waals surface area contributed by atoms with Crippen molar-refractivity contribution in [2.24, 2.45) is 5.92 Å². The van der Waals surface area contributed by atoms with E-state index in [4.69, 9.17) is 14.2 Å². The maximum absolute atomic E-state index is 12.7. The van der Waals surface area contributed by atoms with Gasteiger partial charge in [0.15, 0.2) is 6.10 Å². The van der Waals surface area contributed by atoms with E-state index in [1.54, 1.807) is 0 Å². The number of rotatable bonds is 38. The molecule has 0 heterocycles. The quantitative estimate of drug-likeness (QED) is 0.0271. The van der Waals surface area contributed by atoms with Gasteiger partial charge in [0, 0.05) is 18.9 Å². The molecule has 0 fully saturated rings. The molecule has 0 amide bonds. The first kappa shape index (κ1) is 52.3. The molecule has 0 aromatic rings. The van der Waals surface area contributed by atoms with Gasteiger partial charge in [0.1, 0.15) is 6.61 Å². The fourth-order valence-electron chi connectivity index (χ4n) is 6.34. The summed E-state index contributed by atoms with van der Waals surface area (Å²) < 4.78 is 18.0. The minimum Gasteiger partial charge on any atom is -0.462 e. The number of carbonyl (C=O) groups is 2. The summed E-state index contributed by atoms with van der Waals surface area (Å²) in [5.74, 6) is -0.350. The van der Waals surface area contributed by atoms with Crippen LogP contribution in [0.2, 0.25) is 0 Å². The van der Waals surface area contributed by atoms with Crippen LogP contribution in [0.25, 0.3) is 0 Å². The second-order valence-corrected chi connectivity index (χ2v) is 16.2. The number of carbonyl (C=O) groups excluding carboxylic acids is 2. The molecule has 55 heavy (non-hydrogen) atoms. The highest BCUT2D eigenvalue weighted by molar-refractivity contribution is 5.70. The summed E-state index contributed by atoms with van der Waals surface area (Å²) >= 11 is 0. The van der Waals surface area contributed by atoms with Gasteiger partial charge in [-0.3, -0.25) is 9.59 Å². The zero-order chi connectivity index (χ0) is 40.5. The maximum atomic E-state index is 12.7. The number of quaternary nitrogens is 1. The number of ether oxygens (including phenoxy) is 3. The fraction of sp³-hybridized carbons (Fsp3) is 0.714. The molecule has 0 aromatic heterocycles. The molecule has 6 nitrogen and oxygen atoms in total. The summed E-state index contributed by atoms with van der Waals surface area (Å²) in [5, 5.41) is 0. The highest BCUT2D eigenvalue weighted by Crippen LogP contribution is 2.14. The Labute approximate surface area is 340 Å². The average Bonchev–Trinajstić information content (AvgIpc) is 3.13. The van der Waals surface area contributed by atoms with Gasteiger partial charge >= 0.3 is 11.9 Å². The Hall–Kier alpha value is -2.70. The predicted octanol–water partition coefficient (Wildman–Crippen LogP) is 13.1. The van der Waals surface area contributed by atoms with E-state index >= 15 is 0 Å². The molecular weight excluding hydrogens is 683 g/mol. The predicted molar refractivity (Wildman–Crippen MR) is 236 cm³/mol. The molecule has 0 bridgehead atoms. The van der Waals surface area contributed by atoms with E-state index in [1.807, 2.05) is 6.08 Å². The standard InChI is InChI=1S/C49H86NO5/c1-7-9-11-13-15-17-19-21-23-24-25-26-27-28-30-32-34-36-38-40-48(51)55-47(45-54-49(52)42-46(3)43-50(4,5)6)44-53-41-39-37-35-33-31-29-22-20-18-16-14-12-10-8-2/h9,11,15,17,21,23,25-26,28,30,34,36,46-47H,7-8,10,12-14,16,18-20,22,24,27,29,31-33,35,37-45H2,1-6H3/q+1/b11-9-,17-15-,23-21-,26-25-,30-28-,36-34-. The van der Waals surface area contributed by atoms with E-state index in [2.05, 4.69) is 109 Å². The Balaban J connectivity index is 4.37. The van der Waals surface area contributed by atoms with E-state index in [0.717, 1.165) is 62.4 Å². The van der Waals surface area contributed by atoms with Gasteiger partial charge in [-0.1, -0.05) is 177 Å². The fourth-order valence-corrected chi connectivity index (χ4v) is 6.34. The molecular formula is C49H86NO5+. The number of unbranched alkanes of at least 4 members (excludes halogenated alkanes) is 13. The molecule has 0 spiro atoms. The van der Waals surface area contributed by atoms with Crippen molar-refractivity contribution in [3.8, 4) is 0 Å². The molecule has 0 radical (unpaired) electrons. The SMILES string of the molecule is CC/C=C\C/C=C\C/C=C\C/C=C\C/C=C\C/C=C\CCC(=O)OC(COCCCCCCCCCCCCCCCC)COC(=O)CC(C)C[N+](C)(C)C. The molecule has 0 aromatic carbocycles. The van der Waals surface area contributed by atoms with Gasteiger partial charge < -0.3 is 18.7 Å². The molecule has 0 saturated heterocycles. The van der Waals surface area contributed by atoms with Crippen molar-refractivity contribution in [3.63, 3.8) is 0 Å². The minimum atomic E-state index is -0.595. The third-order valence-corrected chi connectivity index (χ3v) is 9.16. The van der Waals surface area contributed by atoms with Crippen LogP contribution in [-0.2, 0) is 23.8 Å². The first-order chi connectivity index (χ1) is 26.7. The maximum Gasteiger partial charge on any atom is 0.306 e. The van der Waals surface area contributed by atoms with Crippen molar-refractivity contribution in [1.29, 1.82) is 0 Å². The van der Waals surface area contributed by atoms with Crippen LogP contribution in [0.5, 0.6) is 0 Å². The Bertz CT molecular complexity index is 1060. The molecule has 0 aliphatic carbocycles. The lowest BCUT2D eigenvalue weighted by atomic mass is 10.0. The summed E-state index contributed by atoms with van der Waals surface area (Å²) in [6.45, 7) is 8.27. The summed E-state index contributed by atoms with van der Waals surface area (Å²) in [7, 11) is 6.35. The van der Waals surface area contributed by atoms with Crippen LogP contribution < -0.4 is 0 Å². The number of hydrogen-bond acceptors (Lipinski definition) is 5. The first-order valence-electron chi connectivity index (χ1n) is 22.3. The van der Waals surface area contributed by atoms with Crippen molar-refractivity contribution in [3.05, 3.63) is 72.9 Å². The van der Waals surface area contributed by atoms with Gasteiger partial charge in [-0.25, -0.2) is 0 Å². The zero-order valence-corrected chi connectivity index (χ0v) is 36.7. The second-order valence-electron chi connectivity index (χ2n) is 16.2. The lowest BCUT2D eigenvalue weighted by Crippen LogP contribution is -2.39. The summed E-state index contributed by atoms with van der Waals surface area (Å²) in [6, 6.07) is 0. The topological polar surface area (TPSA) is 61.8 Å². The van der Waals surface area contributed by atoms with Gasteiger partial charge in [-0.15, -0.1) is 0 Å². The Morgan fingerprint density at radius 1 is 0.545 bits per heavy atom. The summed E-state index contributed by atoms with van der Waals surface area (Å²) in [4.78, 5) is 25.3. The zero-order valence-electron chi connectivity index (χ0n) is 36.7. The molecule has 0 rings (SSSR count). The van der Waals surface area contributed by atoms with Crippen molar-refractivity contribution >= 4 is 11.9 Å². The van der Waals surface area contributed by atoms with E-state index in [9.17, 15) is 9.59 Å². The van der Waals surface area contributed by atoms with Crippen molar-refractivity contribution in [2.75, 3.05) is 47.5 Å². The highest BCUT2D eigenvalue weighted by Gasteiger charge is 2.21. The monoisotopic (exact) mass is 769 g/mol. The van der Waals surface area contributed by atoms with Gasteiger partial charge in [0.05, 0.1) is 40.7 Å². The summed E-state index contributed by atoms with van der Waals surface area (Å²) in [5.41, 5.74) is 0. The summed E-state index contributed by atoms with van der Waals surface area (Å²) in [6.07, 6.45) is 50.9. The normalized spacial score (nSPS) is 13.8. The van der Waals surface area contributed by atoms with E-state index in [0.29, 0.717) is 19.4 Å². The third-order valence-electron chi connectivity index (χ3n) is 9.16. The van der Waals surface area contributed by atoms with Crippen molar-refractivity contribution < 1.29 is 28.3 Å². The highest BCUT2D eigenvalue weighted by atomic mass is 16.6. The number of hydrogen-bond donors (Lipinski definition) is 0. The minimum absolute atomic E-state index is 0.0281. The van der Waals surface area contributed by atoms with E-state index in [1.165, 1.54) is 77.0 Å². The lowest BCUT2D eigenvalue weighted by molar-refractivity contribution is -0.873. The van der Waals surface area contributed by atoms with Crippen LogP contribution in [-0.4, -0.2) is 70.0 Å². The van der Waals surface area contributed by atoms with Crippen molar-refractivity contribution in [1.82, 2.24) is 0 Å². The number of esters is 2. The molecule has 0 aliphatic rings. The van der Waals surface area contributed by atoms with Crippen LogP contribution in [0.3, 0.4) is 0 Å². The van der Waals surface area contributed by atoms with E-state index in [-0.39, 0.29) is 37.5 Å². The number of allylic oxidation sites excluding steroid dienone is 12. The van der Waals surface area contributed by atoms with Crippen LogP contribution in [0.1, 0.15) is 168 Å². The molecule has 2 unspecified atom stereocenters. The first-order valence-corrected chi connectivity index (χ1v) is 22.3. The molecule has 2 atom stereocenters. The van der Waals surface area contributed by atoms with Gasteiger partial charge in [-0.05, 0) is 51.4 Å². The molecule has 0 N–H and O–H groups in total. The number of nitrogens with zero attached hydrogens (tertiary/aromatic N) is 1. The van der Waals surface area contributed by atoms with Gasteiger partial charge in [0.2, 0.25) is 0 Å². The smallest absolute Gasteiger partial charge is 0.306 e. The molecule has 316 valence electrons. The Morgan fingerprint density at radius 3 is 1.44 bits per heavy atom. The van der Waals surface area contributed by atoms with Crippen LogP contribution in [0.4, 0.5) is 0 Å².